The predicted octanol–water partition coefficient (Wildman–Crippen LogP) is 2.79. The van der Waals surface area contributed by atoms with Gasteiger partial charge in [0.25, 0.3) is 0 Å². The molecule has 0 saturated carbocycles. The second kappa shape index (κ2) is 6.54. The average molecular weight is 326 g/mol. The summed E-state index contributed by atoms with van der Waals surface area (Å²) in [6, 6.07) is 11.6. The summed E-state index contributed by atoms with van der Waals surface area (Å²) in [6.45, 7) is 0. The van der Waals surface area contributed by atoms with Crippen LogP contribution in [0, 0.1) is 5.82 Å². The lowest BCUT2D eigenvalue weighted by Gasteiger charge is -2.14. The quantitative estimate of drug-likeness (QED) is 0.674. The number of benzene rings is 2. The molecule has 24 heavy (non-hydrogen) atoms. The van der Waals surface area contributed by atoms with Gasteiger partial charge in [0.15, 0.2) is 6.04 Å². The van der Waals surface area contributed by atoms with Gasteiger partial charge in [-0.05, 0) is 29.3 Å². The van der Waals surface area contributed by atoms with Crippen molar-refractivity contribution < 1.29 is 19.1 Å². The summed E-state index contributed by atoms with van der Waals surface area (Å²) >= 11 is 0. The molecule has 3 aromatic rings. The first kappa shape index (κ1) is 15.7. The zero-order chi connectivity index (χ0) is 17.1. The number of aliphatic carboxylic acids is 1. The molecule has 0 unspecified atom stereocenters. The molecule has 3 N–H and O–H groups in total. The molecule has 0 aliphatic heterocycles. The van der Waals surface area contributed by atoms with Crippen molar-refractivity contribution in [3.05, 3.63) is 71.7 Å². The lowest BCUT2D eigenvalue weighted by atomic mass is 10.1. The van der Waals surface area contributed by atoms with Crippen molar-refractivity contribution in [2.75, 3.05) is 0 Å². The molecular formula is C18H15FN2O3. The second-order valence-electron chi connectivity index (χ2n) is 5.43. The fourth-order valence-electron chi connectivity index (χ4n) is 2.62. The summed E-state index contributed by atoms with van der Waals surface area (Å²) in [4.78, 5) is 26.6. The number of fused-ring (bicyclic) bond motifs is 1. The van der Waals surface area contributed by atoms with Crippen LogP contribution in [0.2, 0.25) is 0 Å². The number of rotatable bonds is 5. The maximum Gasteiger partial charge on any atom is 0.330 e. The second-order valence-corrected chi connectivity index (χ2v) is 5.43. The monoisotopic (exact) mass is 326 g/mol. The molecule has 0 saturated heterocycles. The zero-order valence-corrected chi connectivity index (χ0v) is 12.6. The van der Waals surface area contributed by atoms with Crippen LogP contribution in [0.4, 0.5) is 4.39 Å². The van der Waals surface area contributed by atoms with Crippen molar-refractivity contribution in [2.45, 2.75) is 12.5 Å². The number of aromatic nitrogens is 1. The Morgan fingerprint density at radius 1 is 1.17 bits per heavy atom. The maximum atomic E-state index is 13.2. The summed E-state index contributed by atoms with van der Waals surface area (Å²) in [5, 5.41) is 12.6. The van der Waals surface area contributed by atoms with E-state index in [9.17, 15) is 19.1 Å². The van der Waals surface area contributed by atoms with Gasteiger partial charge in [-0.2, -0.15) is 0 Å². The standard InChI is InChI=1S/C18H15FN2O3/c19-13-6-7-14-12(10-20-15(14)9-13)8-16(22)21-17(18(23)24)11-4-2-1-3-5-11/h1-7,9-10,17,20H,8H2,(H,21,22)(H,23,24)/t17-/m0/s1. The molecular weight excluding hydrogens is 311 g/mol. The van der Waals surface area contributed by atoms with Gasteiger partial charge < -0.3 is 15.4 Å². The largest absolute Gasteiger partial charge is 0.479 e. The van der Waals surface area contributed by atoms with Gasteiger partial charge in [-0.1, -0.05) is 30.3 Å². The first-order valence-electron chi connectivity index (χ1n) is 7.37. The highest BCUT2D eigenvalue weighted by Gasteiger charge is 2.22. The van der Waals surface area contributed by atoms with Crippen molar-refractivity contribution >= 4 is 22.8 Å². The van der Waals surface area contributed by atoms with E-state index in [0.29, 0.717) is 16.6 Å². The van der Waals surface area contributed by atoms with Crippen LogP contribution in [0.3, 0.4) is 0 Å². The van der Waals surface area contributed by atoms with Crippen LogP contribution in [0.5, 0.6) is 0 Å². The number of carbonyl (C=O) groups is 2. The molecule has 0 aliphatic rings. The van der Waals surface area contributed by atoms with Crippen molar-refractivity contribution in [3.63, 3.8) is 0 Å². The number of hydrogen-bond acceptors (Lipinski definition) is 2. The molecule has 1 atom stereocenters. The zero-order valence-electron chi connectivity index (χ0n) is 12.6. The molecule has 0 fully saturated rings. The van der Waals surface area contributed by atoms with Gasteiger partial charge in [-0.15, -0.1) is 0 Å². The normalized spacial score (nSPS) is 12.0. The Bertz CT molecular complexity index is 890. The molecule has 1 amide bonds. The summed E-state index contributed by atoms with van der Waals surface area (Å²) < 4.78 is 13.2. The first-order chi connectivity index (χ1) is 11.5. The molecule has 1 aromatic heterocycles. The van der Waals surface area contributed by atoms with E-state index in [4.69, 9.17) is 0 Å². The fraction of sp³-hybridized carbons (Fsp3) is 0.111. The average Bonchev–Trinajstić information content (AvgIpc) is 2.95. The number of carboxylic acid groups (broad SMARTS) is 1. The maximum absolute atomic E-state index is 13.2. The van der Waals surface area contributed by atoms with E-state index in [-0.39, 0.29) is 12.2 Å². The Kier molecular flexibility index (Phi) is 4.29. The number of halogens is 1. The molecule has 6 heteroatoms. The highest BCUT2D eigenvalue weighted by molar-refractivity contribution is 5.90. The Hall–Kier alpha value is -3.15. The van der Waals surface area contributed by atoms with E-state index in [1.165, 1.54) is 12.1 Å². The fourth-order valence-corrected chi connectivity index (χ4v) is 2.62. The van der Waals surface area contributed by atoms with Crippen molar-refractivity contribution in [1.29, 1.82) is 0 Å². The van der Waals surface area contributed by atoms with Crippen LogP contribution < -0.4 is 5.32 Å². The number of nitrogens with one attached hydrogen (secondary N) is 2. The minimum absolute atomic E-state index is 0.00223. The highest BCUT2D eigenvalue weighted by Crippen LogP contribution is 2.20. The van der Waals surface area contributed by atoms with Crippen LogP contribution in [-0.4, -0.2) is 22.0 Å². The van der Waals surface area contributed by atoms with Crippen LogP contribution >= 0.6 is 0 Å². The van der Waals surface area contributed by atoms with E-state index < -0.39 is 17.9 Å². The Morgan fingerprint density at radius 2 is 1.92 bits per heavy atom. The number of amides is 1. The number of hydrogen-bond donors (Lipinski definition) is 3. The number of carbonyl (C=O) groups excluding carboxylic acids is 1. The van der Waals surface area contributed by atoms with Gasteiger partial charge in [0.1, 0.15) is 5.82 Å². The van der Waals surface area contributed by atoms with Crippen molar-refractivity contribution in [1.82, 2.24) is 10.3 Å². The third-order valence-corrected chi connectivity index (χ3v) is 3.77. The van der Waals surface area contributed by atoms with Crippen molar-refractivity contribution in [3.8, 4) is 0 Å². The van der Waals surface area contributed by atoms with Crippen LogP contribution in [0.1, 0.15) is 17.2 Å². The Balaban J connectivity index is 1.77. The highest BCUT2D eigenvalue weighted by atomic mass is 19.1. The van der Waals surface area contributed by atoms with E-state index in [1.54, 1.807) is 42.6 Å². The molecule has 1 heterocycles. The lowest BCUT2D eigenvalue weighted by molar-refractivity contribution is -0.141. The van der Waals surface area contributed by atoms with E-state index in [0.717, 1.165) is 5.39 Å². The minimum atomic E-state index is -1.13. The summed E-state index contributed by atoms with van der Waals surface area (Å²) in [7, 11) is 0. The van der Waals surface area contributed by atoms with E-state index >= 15 is 0 Å². The molecule has 2 aromatic carbocycles. The number of H-pyrrole nitrogens is 1. The molecule has 0 bridgehead atoms. The molecule has 0 spiro atoms. The smallest absolute Gasteiger partial charge is 0.330 e. The van der Waals surface area contributed by atoms with Gasteiger partial charge in [-0.25, -0.2) is 9.18 Å². The molecule has 122 valence electrons. The summed E-state index contributed by atoms with van der Waals surface area (Å²) in [5.74, 6) is -1.91. The van der Waals surface area contributed by atoms with Gasteiger partial charge in [-0.3, -0.25) is 4.79 Å². The third-order valence-electron chi connectivity index (χ3n) is 3.77. The Labute approximate surface area is 137 Å². The molecule has 5 nitrogen and oxygen atoms in total. The predicted molar refractivity (Wildman–Crippen MR) is 86.9 cm³/mol. The Morgan fingerprint density at radius 3 is 2.62 bits per heavy atom. The van der Waals surface area contributed by atoms with Gasteiger partial charge in [0.2, 0.25) is 5.91 Å². The summed E-state index contributed by atoms with van der Waals surface area (Å²) in [5.41, 5.74) is 1.77. The van der Waals surface area contributed by atoms with Crippen LogP contribution in [0.25, 0.3) is 10.9 Å². The molecule has 0 radical (unpaired) electrons. The first-order valence-corrected chi connectivity index (χ1v) is 7.37. The molecule has 3 rings (SSSR count). The summed E-state index contributed by atoms with van der Waals surface area (Å²) in [6.07, 6.45) is 1.63. The van der Waals surface area contributed by atoms with Crippen LogP contribution in [0.15, 0.2) is 54.7 Å². The van der Waals surface area contributed by atoms with Gasteiger partial charge in [0, 0.05) is 17.1 Å². The molecule has 0 aliphatic carbocycles. The van der Waals surface area contributed by atoms with Gasteiger partial charge in [0.05, 0.1) is 6.42 Å². The number of carboxylic acids is 1. The third kappa shape index (κ3) is 3.27. The van der Waals surface area contributed by atoms with Crippen molar-refractivity contribution in [2.24, 2.45) is 0 Å². The SMILES string of the molecule is O=C(Cc1c[nH]c2cc(F)ccc12)N[C@H](C(=O)O)c1ccccc1. The van der Waals surface area contributed by atoms with Crippen LogP contribution in [-0.2, 0) is 16.0 Å². The lowest BCUT2D eigenvalue weighted by Crippen LogP contribution is -2.34. The van der Waals surface area contributed by atoms with E-state index in [1.807, 2.05) is 0 Å². The minimum Gasteiger partial charge on any atom is -0.479 e. The van der Waals surface area contributed by atoms with E-state index in [2.05, 4.69) is 10.3 Å². The topological polar surface area (TPSA) is 82.2 Å². The van der Waals surface area contributed by atoms with Gasteiger partial charge >= 0.3 is 5.97 Å². The number of aromatic amines is 1.